The second-order valence-electron chi connectivity index (χ2n) is 5.44. The van der Waals surface area contributed by atoms with Crippen LogP contribution < -0.4 is 15.1 Å². The van der Waals surface area contributed by atoms with Crippen LogP contribution in [-0.4, -0.2) is 55.5 Å². The van der Waals surface area contributed by atoms with E-state index in [4.69, 9.17) is 0 Å². The molecule has 0 spiro atoms. The third-order valence-corrected chi connectivity index (χ3v) is 4.12. The second-order valence-corrected chi connectivity index (χ2v) is 5.44. The van der Waals surface area contributed by atoms with Crippen molar-refractivity contribution in [3.63, 3.8) is 0 Å². The number of anilines is 2. The van der Waals surface area contributed by atoms with Crippen molar-refractivity contribution >= 4 is 17.9 Å². The van der Waals surface area contributed by atoms with Gasteiger partial charge in [-0.15, -0.1) is 0 Å². The van der Waals surface area contributed by atoms with Crippen molar-refractivity contribution in [2.45, 2.75) is 12.8 Å². The summed E-state index contributed by atoms with van der Waals surface area (Å²) >= 11 is 0. The maximum absolute atomic E-state index is 10.8. The van der Waals surface area contributed by atoms with E-state index in [1.807, 2.05) is 12.4 Å². The molecule has 0 aliphatic carbocycles. The van der Waals surface area contributed by atoms with E-state index in [0.717, 1.165) is 70.0 Å². The molecule has 20 heavy (non-hydrogen) atoms. The summed E-state index contributed by atoms with van der Waals surface area (Å²) in [4.78, 5) is 24.2. The van der Waals surface area contributed by atoms with Gasteiger partial charge in [0.15, 0.2) is 0 Å². The van der Waals surface area contributed by atoms with Crippen LogP contribution in [0.3, 0.4) is 0 Å². The number of aldehydes is 1. The minimum absolute atomic E-state index is 0.229. The average Bonchev–Trinajstić information content (AvgIpc) is 2.56. The van der Waals surface area contributed by atoms with Gasteiger partial charge < -0.3 is 19.9 Å². The predicted molar refractivity (Wildman–Crippen MR) is 78.1 cm³/mol. The van der Waals surface area contributed by atoms with E-state index in [9.17, 15) is 4.79 Å². The number of piperazine rings is 1. The summed E-state index contributed by atoms with van der Waals surface area (Å²) in [6.45, 7) is 5.74. The van der Waals surface area contributed by atoms with Crippen molar-refractivity contribution in [2.75, 3.05) is 49.1 Å². The van der Waals surface area contributed by atoms with Gasteiger partial charge in [-0.3, -0.25) is 0 Å². The molecule has 0 radical (unpaired) electrons. The number of hydrogen-bond donors (Lipinski definition) is 1. The van der Waals surface area contributed by atoms with Gasteiger partial charge in [0.05, 0.1) is 18.1 Å². The zero-order chi connectivity index (χ0) is 13.8. The van der Waals surface area contributed by atoms with E-state index in [1.54, 1.807) is 0 Å². The summed E-state index contributed by atoms with van der Waals surface area (Å²) in [5.74, 6) is 1.05. The molecule has 3 rings (SSSR count). The Morgan fingerprint density at radius 3 is 2.30 bits per heavy atom. The molecule has 2 fully saturated rings. The number of rotatable bonds is 3. The lowest BCUT2D eigenvalue weighted by Crippen LogP contribution is -2.44. The molecule has 1 aromatic heterocycles. The number of nitrogens with zero attached hydrogens (tertiary/aromatic N) is 4. The average molecular weight is 275 g/mol. The second kappa shape index (κ2) is 6.17. The van der Waals surface area contributed by atoms with Gasteiger partial charge in [0.25, 0.3) is 0 Å². The fourth-order valence-electron chi connectivity index (χ4n) is 2.80. The number of carbonyl (C=O) groups excluding carboxylic acids is 1. The molecule has 0 bridgehead atoms. The first-order valence-electron chi connectivity index (χ1n) is 7.35. The summed E-state index contributed by atoms with van der Waals surface area (Å²) in [5.41, 5.74) is 1.06. The van der Waals surface area contributed by atoms with Gasteiger partial charge in [-0.1, -0.05) is 0 Å². The van der Waals surface area contributed by atoms with E-state index in [-0.39, 0.29) is 5.92 Å². The maximum atomic E-state index is 10.8. The van der Waals surface area contributed by atoms with Crippen molar-refractivity contribution in [1.29, 1.82) is 0 Å². The Hall–Kier alpha value is -1.69. The van der Waals surface area contributed by atoms with Crippen LogP contribution in [-0.2, 0) is 4.79 Å². The third kappa shape index (κ3) is 2.90. The summed E-state index contributed by atoms with van der Waals surface area (Å²) < 4.78 is 0. The van der Waals surface area contributed by atoms with Crippen molar-refractivity contribution in [3.05, 3.63) is 12.4 Å². The molecule has 2 aliphatic rings. The van der Waals surface area contributed by atoms with Crippen LogP contribution in [0.4, 0.5) is 11.6 Å². The highest BCUT2D eigenvalue weighted by atomic mass is 16.1. The summed E-state index contributed by atoms with van der Waals surface area (Å²) in [6.07, 6.45) is 6.77. The minimum atomic E-state index is 0.229. The van der Waals surface area contributed by atoms with E-state index in [2.05, 4.69) is 25.1 Å². The Balaban J connectivity index is 1.62. The first-order valence-corrected chi connectivity index (χ1v) is 7.35. The first kappa shape index (κ1) is 13.3. The zero-order valence-electron chi connectivity index (χ0n) is 11.7. The Labute approximate surface area is 119 Å². The molecule has 2 saturated heterocycles. The molecule has 0 atom stereocenters. The zero-order valence-corrected chi connectivity index (χ0v) is 11.7. The van der Waals surface area contributed by atoms with Crippen LogP contribution in [0.15, 0.2) is 12.4 Å². The molecule has 2 aliphatic heterocycles. The van der Waals surface area contributed by atoms with Crippen molar-refractivity contribution in [1.82, 2.24) is 15.3 Å². The van der Waals surface area contributed by atoms with Crippen LogP contribution in [0.25, 0.3) is 0 Å². The van der Waals surface area contributed by atoms with E-state index in [0.29, 0.717) is 0 Å². The molecular formula is C14H21N5O. The molecule has 1 N–H and O–H groups in total. The van der Waals surface area contributed by atoms with Crippen LogP contribution in [0.5, 0.6) is 0 Å². The molecule has 6 nitrogen and oxygen atoms in total. The van der Waals surface area contributed by atoms with Crippen LogP contribution in [0.1, 0.15) is 12.8 Å². The predicted octanol–water partition coefficient (Wildman–Crippen LogP) is 0.302. The molecular weight excluding hydrogens is 254 g/mol. The van der Waals surface area contributed by atoms with Gasteiger partial charge in [0, 0.05) is 45.2 Å². The minimum Gasteiger partial charge on any atom is -0.369 e. The van der Waals surface area contributed by atoms with Crippen molar-refractivity contribution in [3.8, 4) is 0 Å². The lowest BCUT2D eigenvalue weighted by molar-refractivity contribution is -0.111. The Morgan fingerprint density at radius 2 is 1.70 bits per heavy atom. The van der Waals surface area contributed by atoms with E-state index in [1.165, 1.54) is 0 Å². The molecule has 0 unspecified atom stereocenters. The Morgan fingerprint density at radius 1 is 1.05 bits per heavy atom. The molecule has 3 heterocycles. The van der Waals surface area contributed by atoms with Gasteiger partial charge in [-0.05, 0) is 12.8 Å². The smallest absolute Gasteiger partial charge is 0.225 e. The van der Waals surface area contributed by atoms with E-state index >= 15 is 0 Å². The van der Waals surface area contributed by atoms with E-state index < -0.39 is 0 Å². The topological polar surface area (TPSA) is 61.4 Å². The van der Waals surface area contributed by atoms with Gasteiger partial charge in [0.2, 0.25) is 5.95 Å². The van der Waals surface area contributed by atoms with Crippen LogP contribution in [0.2, 0.25) is 0 Å². The monoisotopic (exact) mass is 275 g/mol. The van der Waals surface area contributed by atoms with Gasteiger partial charge in [-0.25, -0.2) is 9.97 Å². The summed E-state index contributed by atoms with van der Waals surface area (Å²) in [5, 5.41) is 3.32. The molecule has 108 valence electrons. The fourth-order valence-corrected chi connectivity index (χ4v) is 2.80. The normalized spacial score (nSPS) is 21.0. The molecule has 0 aromatic carbocycles. The third-order valence-electron chi connectivity index (χ3n) is 4.12. The standard InChI is InChI=1S/C14H21N5O/c20-11-12-1-5-18(6-2-12)13-9-16-14(17-10-13)19-7-3-15-4-8-19/h9-12,15H,1-8H2. The van der Waals surface area contributed by atoms with Gasteiger partial charge in [-0.2, -0.15) is 0 Å². The summed E-state index contributed by atoms with van der Waals surface area (Å²) in [7, 11) is 0. The Kier molecular flexibility index (Phi) is 4.11. The number of aromatic nitrogens is 2. The number of nitrogens with one attached hydrogen (secondary N) is 1. The van der Waals surface area contributed by atoms with Crippen LogP contribution in [0, 0.1) is 5.92 Å². The molecule has 1 aromatic rings. The quantitative estimate of drug-likeness (QED) is 0.801. The van der Waals surface area contributed by atoms with Gasteiger partial charge in [0.1, 0.15) is 6.29 Å². The highest BCUT2D eigenvalue weighted by Gasteiger charge is 2.20. The van der Waals surface area contributed by atoms with Crippen LogP contribution >= 0.6 is 0 Å². The fraction of sp³-hybridized carbons (Fsp3) is 0.643. The SMILES string of the molecule is O=CC1CCN(c2cnc(N3CCNCC3)nc2)CC1. The highest BCUT2D eigenvalue weighted by Crippen LogP contribution is 2.22. The van der Waals surface area contributed by atoms with Crippen molar-refractivity contribution < 1.29 is 4.79 Å². The number of hydrogen-bond acceptors (Lipinski definition) is 6. The largest absolute Gasteiger partial charge is 0.369 e. The Bertz CT molecular complexity index is 435. The molecule has 6 heteroatoms. The van der Waals surface area contributed by atoms with Gasteiger partial charge >= 0.3 is 0 Å². The summed E-state index contributed by atoms with van der Waals surface area (Å²) in [6, 6.07) is 0. The molecule has 0 amide bonds. The lowest BCUT2D eigenvalue weighted by atomic mass is 9.98. The number of piperidine rings is 1. The lowest BCUT2D eigenvalue weighted by Gasteiger charge is -2.31. The molecule has 0 saturated carbocycles. The van der Waals surface area contributed by atoms with Crippen molar-refractivity contribution in [2.24, 2.45) is 5.92 Å². The first-order chi connectivity index (χ1) is 9.86. The highest BCUT2D eigenvalue weighted by molar-refractivity contribution is 5.55. The maximum Gasteiger partial charge on any atom is 0.225 e. The number of carbonyl (C=O) groups is 1.